The lowest BCUT2D eigenvalue weighted by Crippen LogP contribution is -2.34. The summed E-state index contributed by atoms with van der Waals surface area (Å²) in [5.41, 5.74) is 0. The number of aryl methyl sites for hydroxylation is 1. The lowest BCUT2D eigenvalue weighted by Gasteiger charge is -2.17. The van der Waals surface area contributed by atoms with E-state index >= 15 is 0 Å². The molecule has 1 amide bonds. The number of carbonyl (C=O) groups excluding carboxylic acids is 1. The van der Waals surface area contributed by atoms with Gasteiger partial charge in [0.1, 0.15) is 5.82 Å². The number of H-pyrrole nitrogens is 1. The number of nitrogens with zero attached hydrogens (tertiary/aromatic N) is 2. The third-order valence-electron chi connectivity index (χ3n) is 2.57. The van der Waals surface area contributed by atoms with Crippen molar-refractivity contribution in [1.82, 2.24) is 19.6 Å². The van der Waals surface area contributed by atoms with Crippen LogP contribution in [0.15, 0.2) is 11.2 Å². The Bertz CT molecular complexity index is 522. The minimum absolute atomic E-state index is 0.0735. The van der Waals surface area contributed by atoms with Crippen molar-refractivity contribution in [2.24, 2.45) is 0 Å². The van der Waals surface area contributed by atoms with Crippen LogP contribution in [0, 0.1) is 6.92 Å². The first-order valence-corrected chi connectivity index (χ1v) is 6.72. The molecule has 0 aromatic carbocycles. The number of amides is 1. The highest BCUT2D eigenvalue weighted by atomic mass is 32.2. The van der Waals surface area contributed by atoms with Gasteiger partial charge in [0, 0.05) is 26.1 Å². The van der Waals surface area contributed by atoms with Crippen LogP contribution in [-0.4, -0.2) is 48.2 Å². The van der Waals surface area contributed by atoms with E-state index in [1.54, 1.807) is 6.92 Å². The number of hydrogen-bond acceptors (Lipinski definition) is 4. The molecule has 0 radical (unpaired) electrons. The molecule has 8 heteroatoms. The molecule has 1 saturated heterocycles. The molecule has 0 unspecified atom stereocenters. The summed E-state index contributed by atoms with van der Waals surface area (Å²) < 4.78 is 25.6. The van der Waals surface area contributed by atoms with Gasteiger partial charge in [-0.3, -0.25) is 4.79 Å². The third-order valence-corrected chi connectivity index (χ3v) is 4.38. The van der Waals surface area contributed by atoms with Gasteiger partial charge in [0.2, 0.25) is 5.91 Å². The molecule has 1 fully saturated rings. The Balaban J connectivity index is 2.23. The predicted octanol–water partition coefficient (Wildman–Crippen LogP) is -0.771. The van der Waals surface area contributed by atoms with E-state index in [2.05, 4.69) is 15.3 Å². The fourth-order valence-electron chi connectivity index (χ4n) is 1.66. The van der Waals surface area contributed by atoms with E-state index in [4.69, 9.17) is 0 Å². The Morgan fingerprint density at radius 1 is 1.41 bits per heavy atom. The summed E-state index contributed by atoms with van der Waals surface area (Å²) in [5, 5.41) is 2.71. The first-order chi connectivity index (χ1) is 8.00. The van der Waals surface area contributed by atoms with E-state index in [1.807, 2.05) is 0 Å². The van der Waals surface area contributed by atoms with Crippen LogP contribution >= 0.6 is 0 Å². The van der Waals surface area contributed by atoms with E-state index in [0.717, 1.165) is 0 Å². The van der Waals surface area contributed by atoms with Gasteiger partial charge in [0.25, 0.3) is 10.0 Å². The second kappa shape index (κ2) is 4.46. The summed E-state index contributed by atoms with van der Waals surface area (Å²) in [6.07, 6.45) is 1.48. The molecule has 1 aromatic heterocycles. The van der Waals surface area contributed by atoms with Gasteiger partial charge in [0.05, 0.1) is 6.20 Å². The number of imidazole rings is 1. The number of carbonyl (C=O) groups is 1. The van der Waals surface area contributed by atoms with Crippen LogP contribution in [0.25, 0.3) is 0 Å². The second-order valence-electron chi connectivity index (χ2n) is 3.84. The smallest absolute Gasteiger partial charge is 0.260 e. The lowest BCUT2D eigenvalue weighted by molar-refractivity contribution is -0.120. The second-order valence-corrected chi connectivity index (χ2v) is 5.74. The number of sulfonamides is 1. The summed E-state index contributed by atoms with van der Waals surface area (Å²) in [7, 11) is -3.56. The molecule has 0 saturated carbocycles. The van der Waals surface area contributed by atoms with Crippen molar-refractivity contribution in [2.75, 3.05) is 19.6 Å². The fourth-order valence-corrected chi connectivity index (χ4v) is 3.06. The molecular formula is C9H14N4O3S. The van der Waals surface area contributed by atoms with Gasteiger partial charge in [-0.2, -0.15) is 4.31 Å². The Kier molecular flexibility index (Phi) is 3.16. The highest BCUT2D eigenvalue weighted by Gasteiger charge is 2.28. The summed E-state index contributed by atoms with van der Waals surface area (Å²) in [5.74, 6) is 0.427. The van der Waals surface area contributed by atoms with Gasteiger partial charge in [0.15, 0.2) is 5.03 Å². The highest BCUT2D eigenvalue weighted by molar-refractivity contribution is 7.89. The van der Waals surface area contributed by atoms with E-state index in [1.165, 1.54) is 10.5 Å². The number of rotatable bonds is 2. The largest absolute Gasteiger partial charge is 0.355 e. The topological polar surface area (TPSA) is 95.2 Å². The van der Waals surface area contributed by atoms with Crippen molar-refractivity contribution in [3.05, 3.63) is 12.0 Å². The zero-order chi connectivity index (χ0) is 12.5. The van der Waals surface area contributed by atoms with Gasteiger partial charge in [-0.05, 0) is 6.92 Å². The van der Waals surface area contributed by atoms with Crippen LogP contribution in [0.5, 0.6) is 0 Å². The first-order valence-electron chi connectivity index (χ1n) is 5.28. The standard InChI is InChI=1S/C9H14N4O3S/c1-7-11-6-9(12-7)17(15,16)13-4-2-8(14)10-3-5-13/h6H,2-5H2,1H3,(H,10,14)(H,11,12). The van der Waals surface area contributed by atoms with Gasteiger partial charge in [-0.25, -0.2) is 13.4 Å². The molecule has 0 bridgehead atoms. The SMILES string of the molecule is Cc1ncc(S(=O)(=O)N2CCNC(=O)CC2)[nH]1. The summed E-state index contributed by atoms with van der Waals surface area (Å²) in [6, 6.07) is 0. The first kappa shape index (κ1) is 12.1. The van der Waals surface area contributed by atoms with Crippen molar-refractivity contribution in [3.63, 3.8) is 0 Å². The Morgan fingerprint density at radius 2 is 2.18 bits per heavy atom. The predicted molar refractivity (Wildman–Crippen MR) is 59.7 cm³/mol. The molecule has 2 N–H and O–H groups in total. The van der Waals surface area contributed by atoms with Gasteiger partial charge in [-0.15, -0.1) is 0 Å². The van der Waals surface area contributed by atoms with Crippen LogP contribution < -0.4 is 5.32 Å². The minimum atomic E-state index is -3.56. The number of hydrogen-bond donors (Lipinski definition) is 2. The van der Waals surface area contributed by atoms with Crippen molar-refractivity contribution in [3.8, 4) is 0 Å². The number of aromatic amines is 1. The van der Waals surface area contributed by atoms with Gasteiger partial charge < -0.3 is 10.3 Å². The molecule has 17 heavy (non-hydrogen) atoms. The monoisotopic (exact) mass is 258 g/mol. The van der Waals surface area contributed by atoms with Crippen molar-refractivity contribution >= 4 is 15.9 Å². The molecule has 0 aliphatic carbocycles. The molecule has 7 nitrogen and oxygen atoms in total. The zero-order valence-corrected chi connectivity index (χ0v) is 10.2. The van der Waals surface area contributed by atoms with E-state index in [0.29, 0.717) is 12.4 Å². The molecular weight excluding hydrogens is 244 g/mol. The normalized spacial score (nSPS) is 18.8. The van der Waals surface area contributed by atoms with Gasteiger partial charge >= 0.3 is 0 Å². The molecule has 2 rings (SSSR count). The molecule has 0 atom stereocenters. The summed E-state index contributed by atoms with van der Waals surface area (Å²) in [4.78, 5) is 17.7. The van der Waals surface area contributed by atoms with Gasteiger partial charge in [-0.1, -0.05) is 0 Å². The lowest BCUT2D eigenvalue weighted by atomic mass is 10.4. The zero-order valence-electron chi connectivity index (χ0n) is 9.43. The number of nitrogens with one attached hydrogen (secondary N) is 2. The van der Waals surface area contributed by atoms with E-state index < -0.39 is 10.0 Å². The maximum Gasteiger partial charge on any atom is 0.260 e. The van der Waals surface area contributed by atoms with Crippen molar-refractivity contribution in [1.29, 1.82) is 0 Å². The van der Waals surface area contributed by atoms with Crippen molar-refractivity contribution in [2.45, 2.75) is 18.4 Å². The van der Waals surface area contributed by atoms with E-state index in [-0.39, 0.29) is 30.4 Å². The summed E-state index contributed by atoms with van der Waals surface area (Å²) in [6.45, 7) is 2.51. The van der Waals surface area contributed by atoms with Crippen LogP contribution in [0.1, 0.15) is 12.2 Å². The Labute approximate surface area is 99.3 Å². The third kappa shape index (κ3) is 2.47. The molecule has 1 aliphatic rings. The number of aromatic nitrogens is 2. The molecule has 2 heterocycles. The molecule has 94 valence electrons. The Morgan fingerprint density at radius 3 is 2.82 bits per heavy atom. The molecule has 0 spiro atoms. The van der Waals surface area contributed by atoms with Crippen LogP contribution in [-0.2, 0) is 14.8 Å². The molecule has 1 aromatic rings. The molecule has 1 aliphatic heterocycles. The van der Waals surface area contributed by atoms with E-state index in [9.17, 15) is 13.2 Å². The average molecular weight is 258 g/mol. The van der Waals surface area contributed by atoms with Crippen molar-refractivity contribution < 1.29 is 13.2 Å². The summed E-state index contributed by atoms with van der Waals surface area (Å²) >= 11 is 0. The van der Waals surface area contributed by atoms with Crippen LogP contribution in [0.2, 0.25) is 0 Å². The highest BCUT2D eigenvalue weighted by Crippen LogP contribution is 2.14. The van der Waals surface area contributed by atoms with Crippen LogP contribution in [0.3, 0.4) is 0 Å². The maximum absolute atomic E-state index is 12.2. The minimum Gasteiger partial charge on any atom is -0.355 e. The van der Waals surface area contributed by atoms with Crippen LogP contribution in [0.4, 0.5) is 0 Å². The maximum atomic E-state index is 12.2. The quantitative estimate of drug-likeness (QED) is 0.728. The average Bonchev–Trinajstić information content (AvgIpc) is 2.58. The Hall–Kier alpha value is -1.41. The fraction of sp³-hybridized carbons (Fsp3) is 0.556.